The number of benzene rings is 3. The molecule has 0 aliphatic rings. The van der Waals surface area contributed by atoms with Crippen molar-refractivity contribution >= 4 is 39.5 Å². The smallest absolute Gasteiger partial charge is 0.191 e. The Hall–Kier alpha value is -3.12. The number of nitrogens with one attached hydrogen (secondary N) is 2. The second-order valence-corrected chi connectivity index (χ2v) is 6.30. The standard InChI is InChI=1S/C21H21N3O2S/c1-14(16-9-8-15-6-4-5-7-17(15)12-16)23-24-21(27)22-18-10-11-19(25-2)20(13-18)26-3/h4-13H,1-3H3,(H2,22,24,27). The molecule has 6 heteroatoms. The number of thiocarbonyl (C=S) groups is 1. The summed E-state index contributed by atoms with van der Waals surface area (Å²) in [5.74, 6) is 1.29. The molecule has 0 spiro atoms. The van der Waals surface area contributed by atoms with Gasteiger partial charge in [0.05, 0.1) is 19.9 Å². The van der Waals surface area contributed by atoms with Gasteiger partial charge in [-0.3, -0.25) is 5.43 Å². The lowest BCUT2D eigenvalue weighted by molar-refractivity contribution is 0.355. The van der Waals surface area contributed by atoms with Gasteiger partial charge in [0.15, 0.2) is 16.6 Å². The topological polar surface area (TPSA) is 54.9 Å². The van der Waals surface area contributed by atoms with Crippen LogP contribution in [0, 0.1) is 0 Å². The fraction of sp³-hybridized carbons (Fsp3) is 0.143. The first-order valence-electron chi connectivity index (χ1n) is 8.43. The minimum Gasteiger partial charge on any atom is -0.493 e. The zero-order valence-corrected chi connectivity index (χ0v) is 16.3. The van der Waals surface area contributed by atoms with Crippen LogP contribution in [-0.2, 0) is 0 Å². The third kappa shape index (κ3) is 4.54. The van der Waals surface area contributed by atoms with Crippen molar-refractivity contribution in [2.75, 3.05) is 19.5 Å². The number of ether oxygens (including phenoxy) is 2. The molecule has 0 amide bonds. The van der Waals surface area contributed by atoms with Gasteiger partial charge in [0, 0.05) is 11.8 Å². The van der Waals surface area contributed by atoms with E-state index in [0.717, 1.165) is 17.0 Å². The van der Waals surface area contributed by atoms with E-state index in [4.69, 9.17) is 21.7 Å². The first kappa shape index (κ1) is 18.7. The van der Waals surface area contributed by atoms with Gasteiger partial charge in [0.2, 0.25) is 0 Å². The summed E-state index contributed by atoms with van der Waals surface area (Å²) in [6, 6.07) is 20.0. The zero-order chi connectivity index (χ0) is 19.2. The van der Waals surface area contributed by atoms with Gasteiger partial charge in [0.1, 0.15) is 0 Å². The number of fused-ring (bicyclic) bond motifs is 1. The minimum absolute atomic E-state index is 0.391. The molecule has 27 heavy (non-hydrogen) atoms. The highest BCUT2D eigenvalue weighted by molar-refractivity contribution is 7.80. The van der Waals surface area contributed by atoms with Crippen molar-refractivity contribution in [3.8, 4) is 11.5 Å². The lowest BCUT2D eigenvalue weighted by Crippen LogP contribution is -2.25. The van der Waals surface area contributed by atoms with Crippen LogP contribution in [0.5, 0.6) is 11.5 Å². The van der Waals surface area contributed by atoms with Gasteiger partial charge >= 0.3 is 0 Å². The summed E-state index contributed by atoms with van der Waals surface area (Å²) >= 11 is 5.32. The Labute approximate surface area is 164 Å². The molecule has 0 bridgehead atoms. The average molecular weight is 379 g/mol. The van der Waals surface area contributed by atoms with E-state index in [0.29, 0.717) is 16.6 Å². The fourth-order valence-corrected chi connectivity index (χ4v) is 2.85. The summed E-state index contributed by atoms with van der Waals surface area (Å²) in [4.78, 5) is 0. The van der Waals surface area contributed by atoms with Crippen molar-refractivity contribution in [3.05, 3.63) is 66.2 Å². The van der Waals surface area contributed by atoms with E-state index < -0.39 is 0 Å². The Kier molecular flexibility index (Phi) is 5.88. The predicted octanol–water partition coefficient (Wildman–Crippen LogP) is 4.57. The van der Waals surface area contributed by atoms with Gasteiger partial charge in [0.25, 0.3) is 0 Å². The highest BCUT2D eigenvalue weighted by atomic mass is 32.1. The van der Waals surface area contributed by atoms with Crippen LogP contribution in [-0.4, -0.2) is 25.0 Å². The van der Waals surface area contributed by atoms with Crippen molar-refractivity contribution in [1.82, 2.24) is 5.43 Å². The van der Waals surface area contributed by atoms with Gasteiger partial charge in [-0.1, -0.05) is 36.4 Å². The van der Waals surface area contributed by atoms with Gasteiger partial charge < -0.3 is 14.8 Å². The summed E-state index contributed by atoms with van der Waals surface area (Å²) in [6.07, 6.45) is 0. The Bertz CT molecular complexity index is 1000. The van der Waals surface area contributed by atoms with Crippen molar-refractivity contribution in [3.63, 3.8) is 0 Å². The van der Waals surface area contributed by atoms with E-state index in [2.05, 4.69) is 40.1 Å². The van der Waals surface area contributed by atoms with Crippen LogP contribution >= 0.6 is 12.2 Å². The van der Waals surface area contributed by atoms with Gasteiger partial charge in [-0.05, 0) is 53.7 Å². The van der Waals surface area contributed by atoms with Gasteiger partial charge in [-0.15, -0.1) is 0 Å². The Morgan fingerprint density at radius 2 is 1.63 bits per heavy atom. The van der Waals surface area contributed by atoms with E-state index in [-0.39, 0.29) is 0 Å². The molecule has 0 fully saturated rings. The van der Waals surface area contributed by atoms with Crippen LogP contribution < -0.4 is 20.2 Å². The van der Waals surface area contributed by atoms with Crippen LogP contribution in [0.1, 0.15) is 12.5 Å². The van der Waals surface area contributed by atoms with Crippen LogP contribution in [0.2, 0.25) is 0 Å². The molecule has 0 atom stereocenters. The molecule has 0 heterocycles. The number of anilines is 1. The summed E-state index contributed by atoms with van der Waals surface area (Å²) < 4.78 is 10.5. The highest BCUT2D eigenvalue weighted by Gasteiger charge is 2.06. The molecule has 0 aromatic heterocycles. The molecule has 0 aliphatic carbocycles. The SMILES string of the molecule is COc1ccc(NC(=S)NN=C(C)c2ccc3ccccc3c2)cc1OC. The lowest BCUT2D eigenvalue weighted by Gasteiger charge is -2.12. The van der Waals surface area contributed by atoms with Crippen LogP contribution in [0.25, 0.3) is 10.8 Å². The van der Waals surface area contributed by atoms with Crippen molar-refractivity contribution in [2.24, 2.45) is 5.10 Å². The molecule has 0 aliphatic heterocycles. The molecule has 5 nitrogen and oxygen atoms in total. The average Bonchev–Trinajstić information content (AvgIpc) is 2.71. The van der Waals surface area contributed by atoms with E-state index in [1.54, 1.807) is 14.2 Å². The van der Waals surface area contributed by atoms with Crippen molar-refractivity contribution in [1.29, 1.82) is 0 Å². The number of nitrogens with zero attached hydrogens (tertiary/aromatic N) is 1. The molecule has 0 saturated carbocycles. The molecule has 2 N–H and O–H groups in total. The largest absolute Gasteiger partial charge is 0.493 e. The maximum Gasteiger partial charge on any atom is 0.191 e. The van der Waals surface area contributed by atoms with Crippen LogP contribution in [0.15, 0.2) is 65.8 Å². The number of methoxy groups -OCH3 is 2. The number of rotatable bonds is 5. The van der Waals surface area contributed by atoms with Crippen molar-refractivity contribution < 1.29 is 9.47 Å². The first-order chi connectivity index (χ1) is 13.1. The highest BCUT2D eigenvalue weighted by Crippen LogP contribution is 2.29. The second kappa shape index (κ2) is 8.51. The maximum absolute atomic E-state index is 5.32. The normalized spacial score (nSPS) is 11.1. The van der Waals surface area contributed by atoms with Crippen LogP contribution in [0.3, 0.4) is 0 Å². The molecule has 0 unspecified atom stereocenters. The third-order valence-electron chi connectivity index (χ3n) is 4.13. The third-order valence-corrected chi connectivity index (χ3v) is 4.33. The van der Waals surface area contributed by atoms with E-state index in [1.165, 1.54) is 10.8 Å². The molecule has 0 saturated heterocycles. The first-order valence-corrected chi connectivity index (χ1v) is 8.84. The Morgan fingerprint density at radius 3 is 2.37 bits per heavy atom. The quantitative estimate of drug-likeness (QED) is 0.386. The summed E-state index contributed by atoms with van der Waals surface area (Å²) in [5.41, 5.74) is 5.54. The van der Waals surface area contributed by atoms with E-state index in [1.807, 2.05) is 43.3 Å². The van der Waals surface area contributed by atoms with Gasteiger partial charge in [-0.25, -0.2) is 0 Å². The fourth-order valence-electron chi connectivity index (χ4n) is 2.69. The molecular weight excluding hydrogens is 358 g/mol. The molecular formula is C21H21N3O2S. The molecule has 138 valence electrons. The summed E-state index contributed by atoms with van der Waals surface area (Å²) in [5, 5.41) is 10.2. The number of hydrazone groups is 1. The molecule has 3 aromatic carbocycles. The molecule has 0 radical (unpaired) electrons. The van der Waals surface area contributed by atoms with E-state index >= 15 is 0 Å². The predicted molar refractivity (Wildman–Crippen MR) is 115 cm³/mol. The van der Waals surface area contributed by atoms with Crippen LogP contribution in [0.4, 0.5) is 5.69 Å². The number of hydrogen-bond acceptors (Lipinski definition) is 4. The summed E-state index contributed by atoms with van der Waals surface area (Å²) in [7, 11) is 3.19. The Morgan fingerprint density at radius 1 is 0.889 bits per heavy atom. The maximum atomic E-state index is 5.32. The lowest BCUT2D eigenvalue weighted by atomic mass is 10.0. The van der Waals surface area contributed by atoms with Crippen molar-refractivity contribution in [2.45, 2.75) is 6.92 Å². The Balaban J connectivity index is 1.68. The van der Waals surface area contributed by atoms with E-state index in [9.17, 15) is 0 Å². The molecule has 3 rings (SSSR count). The number of hydrogen-bond donors (Lipinski definition) is 2. The monoisotopic (exact) mass is 379 g/mol. The second-order valence-electron chi connectivity index (χ2n) is 5.89. The molecule has 3 aromatic rings. The zero-order valence-electron chi connectivity index (χ0n) is 15.4. The summed E-state index contributed by atoms with van der Waals surface area (Å²) in [6.45, 7) is 1.94. The van der Waals surface area contributed by atoms with Gasteiger partial charge in [-0.2, -0.15) is 5.10 Å². The minimum atomic E-state index is 0.391.